The van der Waals surface area contributed by atoms with E-state index >= 15 is 0 Å². The zero-order valence-corrected chi connectivity index (χ0v) is 11.5. The number of rotatable bonds is 5. The maximum absolute atomic E-state index is 12.1. The lowest BCUT2D eigenvalue weighted by atomic mass is 10.0. The van der Waals surface area contributed by atoms with Crippen molar-refractivity contribution in [2.45, 2.75) is 30.6 Å². The lowest BCUT2D eigenvalue weighted by Crippen LogP contribution is -2.49. The van der Waals surface area contributed by atoms with Crippen molar-refractivity contribution < 1.29 is 29.6 Å². The van der Waals surface area contributed by atoms with Gasteiger partial charge in [0.1, 0.15) is 24.4 Å². The Morgan fingerprint density at radius 1 is 1.43 bits per heavy atom. The minimum Gasteiger partial charge on any atom is -0.394 e. The molecule has 21 heavy (non-hydrogen) atoms. The Bertz CT molecular complexity index is 468. The van der Waals surface area contributed by atoms with Crippen LogP contribution in [0.5, 0.6) is 0 Å². The molecule has 0 aromatic heterocycles. The fourth-order valence-electron chi connectivity index (χ4n) is 2.29. The fraction of sp³-hybridized carbons (Fsp3) is 0.500. The van der Waals surface area contributed by atoms with E-state index in [9.17, 15) is 15.0 Å². The standard InChI is InChI=1S/C14H19NO6/c1-20-14-10(11(18)12(21-14)9(17)7-16)15-13(19)8-5-3-2-4-6-8/h2-6,9-12,14,16-18H,7H2,1H3,(H,15,19)/t9?,10-,11+,12-,14-/m1/s1. The fourth-order valence-corrected chi connectivity index (χ4v) is 2.29. The zero-order valence-electron chi connectivity index (χ0n) is 11.5. The first-order valence-corrected chi connectivity index (χ1v) is 6.59. The molecule has 1 saturated heterocycles. The van der Waals surface area contributed by atoms with Crippen LogP contribution >= 0.6 is 0 Å². The van der Waals surface area contributed by atoms with Gasteiger partial charge in [-0.1, -0.05) is 18.2 Å². The maximum Gasteiger partial charge on any atom is 0.251 e. The average Bonchev–Trinajstić information content (AvgIpc) is 2.84. The summed E-state index contributed by atoms with van der Waals surface area (Å²) in [5, 5.41) is 31.3. The Morgan fingerprint density at radius 3 is 2.67 bits per heavy atom. The van der Waals surface area contributed by atoms with Crippen LogP contribution in [0.4, 0.5) is 0 Å². The lowest BCUT2D eigenvalue weighted by Gasteiger charge is -2.21. The molecule has 0 radical (unpaired) electrons. The van der Waals surface area contributed by atoms with Gasteiger partial charge in [-0.2, -0.15) is 0 Å². The number of ether oxygens (including phenoxy) is 2. The van der Waals surface area contributed by atoms with Gasteiger partial charge in [0.25, 0.3) is 5.91 Å². The Morgan fingerprint density at radius 2 is 2.10 bits per heavy atom. The molecular formula is C14H19NO6. The largest absolute Gasteiger partial charge is 0.394 e. The Labute approximate surface area is 122 Å². The number of nitrogens with one attached hydrogen (secondary N) is 1. The van der Waals surface area contributed by atoms with E-state index < -0.39 is 37.3 Å². The molecule has 1 aromatic carbocycles. The highest BCUT2D eigenvalue weighted by Gasteiger charge is 2.47. The van der Waals surface area contributed by atoms with Crippen LogP contribution in [-0.2, 0) is 9.47 Å². The molecule has 0 saturated carbocycles. The molecule has 0 aliphatic carbocycles. The monoisotopic (exact) mass is 297 g/mol. The van der Waals surface area contributed by atoms with Crippen LogP contribution in [0.3, 0.4) is 0 Å². The summed E-state index contributed by atoms with van der Waals surface area (Å²) in [4.78, 5) is 12.1. The number of aliphatic hydroxyl groups excluding tert-OH is 3. The van der Waals surface area contributed by atoms with Gasteiger partial charge in [-0.25, -0.2) is 0 Å². The second kappa shape index (κ2) is 6.97. The van der Waals surface area contributed by atoms with Crippen molar-refractivity contribution in [1.82, 2.24) is 5.32 Å². The summed E-state index contributed by atoms with van der Waals surface area (Å²) in [7, 11) is 1.37. The van der Waals surface area contributed by atoms with Gasteiger partial charge in [0, 0.05) is 12.7 Å². The third-order valence-electron chi connectivity index (χ3n) is 3.42. The molecule has 1 fully saturated rings. The van der Waals surface area contributed by atoms with Crippen LogP contribution in [0.15, 0.2) is 30.3 Å². The van der Waals surface area contributed by atoms with Gasteiger partial charge >= 0.3 is 0 Å². The Kier molecular flexibility index (Phi) is 5.27. The van der Waals surface area contributed by atoms with Gasteiger partial charge in [0.05, 0.1) is 6.61 Å². The molecular weight excluding hydrogens is 278 g/mol. The summed E-state index contributed by atoms with van der Waals surface area (Å²) in [6.07, 6.45) is -4.37. The minimum absolute atomic E-state index is 0.385. The van der Waals surface area contributed by atoms with Gasteiger partial charge in [-0.15, -0.1) is 0 Å². The quantitative estimate of drug-likeness (QED) is 0.548. The lowest BCUT2D eigenvalue weighted by molar-refractivity contribution is -0.153. The van der Waals surface area contributed by atoms with E-state index in [1.165, 1.54) is 7.11 Å². The average molecular weight is 297 g/mol. The van der Waals surface area contributed by atoms with Crippen LogP contribution in [0.2, 0.25) is 0 Å². The number of methoxy groups -OCH3 is 1. The van der Waals surface area contributed by atoms with Crippen LogP contribution in [0.1, 0.15) is 10.4 Å². The second-order valence-corrected chi connectivity index (χ2v) is 4.81. The molecule has 1 amide bonds. The predicted octanol–water partition coefficient (Wildman–Crippen LogP) is -1.13. The van der Waals surface area contributed by atoms with E-state index in [2.05, 4.69) is 5.32 Å². The summed E-state index contributed by atoms with van der Waals surface area (Å²) in [6.45, 7) is -0.558. The molecule has 0 bridgehead atoms. The molecule has 116 valence electrons. The predicted molar refractivity (Wildman–Crippen MR) is 72.5 cm³/mol. The number of amides is 1. The van der Waals surface area contributed by atoms with Crippen molar-refractivity contribution >= 4 is 5.91 Å². The maximum atomic E-state index is 12.1. The highest BCUT2D eigenvalue weighted by molar-refractivity contribution is 5.94. The van der Waals surface area contributed by atoms with Crippen LogP contribution < -0.4 is 5.32 Å². The molecule has 0 spiro atoms. The molecule has 5 atom stereocenters. The van der Waals surface area contributed by atoms with Gasteiger partial charge < -0.3 is 30.1 Å². The van der Waals surface area contributed by atoms with Crippen LogP contribution in [0, 0.1) is 0 Å². The van der Waals surface area contributed by atoms with Gasteiger partial charge in [0.2, 0.25) is 0 Å². The molecule has 7 nitrogen and oxygen atoms in total. The summed E-state index contributed by atoms with van der Waals surface area (Å²) < 4.78 is 10.4. The van der Waals surface area contributed by atoms with Crippen molar-refractivity contribution in [3.8, 4) is 0 Å². The number of benzene rings is 1. The van der Waals surface area contributed by atoms with E-state index in [0.29, 0.717) is 5.56 Å². The van der Waals surface area contributed by atoms with Gasteiger partial charge in [-0.05, 0) is 12.1 Å². The Hall–Kier alpha value is -1.51. The highest BCUT2D eigenvalue weighted by Crippen LogP contribution is 2.24. The van der Waals surface area contributed by atoms with E-state index in [-0.39, 0.29) is 5.91 Å². The van der Waals surface area contributed by atoms with Crippen molar-refractivity contribution in [1.29, 1.82) is 0 Å². The Balaban J connectivity index is 2.09. The SMILES string of the molecule is CO[C@@H]1O[C@H](C(O)CO)[C@@H](O)[C@H]1NC(=O)c1ccccc1. The zero-order chi connectivity index (χ0) is 15.4. The van der Waals surface area contributed by atoms with Gasteiger partial charge in [-0.3, -0.25) is 4.79 Å². The van der Waals surface area contributed by atoms with E-state index in [0.717, 1.165) is 0 Å². The molecule has 2 rings (SSSR count). The molecule has 1 heterocycles. The van der Waals surface area contributed by atoms with Crippen LogP contribution in [0.25, 0.3) is 0 Å². The van der Waals surface area contributed by atoms with Gasteiger partial charge in [0.15, 0.2) is 6.29 Å². The normalized spacial score (nSPS) is 30.1. The summed E-state index contributed by atoms with van der Waals surface area (Å²) in [5.41, 5.74) is 0.436. The first-order chi connectivity index (χ1) is 10.1. The number of hydrogen-bond donors (Lipinski definition) is 4. The van der Waals surface area contributed by atoms with E-state index in [4.69, 9.17) is 14.6 Å². The third kappa shape index (κ3) is 3.39. The van der Waals surface area contributed by atoms with Crippen molar-refractivity contribution in [3.05, 3.63) is 35.9 Å². The first-order valence-electron chi connectivity index (χ1n) is 6.59. The summed E-state index contributed by atoms with van der Waals surface area (Å²) in [5.74, 6) is -0.385. The van der Waals surface area contributed by atoms with Crippen molar-refractivity contribution in [2.75, 3.05) is 13.7 Å². The second-order valence-electron chi connectivity index (χ2n) is 4.81. The molecule has 1 aliphatic heterocycles. The van der Waals surface area contributed by atoms with E-state index in [1.807, 2.05) is 0 Å². The number of hydrogen-bond acceptors (Lipinski definition) is 6. The molecule has 1 aliphatic rings. The molecule has 1 unspecified atom stereocenters. The molecule has 7 heteroatoms. The number of carbonyl (C=O) groups is 1. The van der Waals surface area contributed by atoms with E-state index in [1.54, 1.807) is 30.3 Å². The summed E-state index contributed by atoms with van der Waals surface area (Å²) in [6, 6.07) is 7.67. The molecule has 4 N–H and O–H groups in total. The first kappa shape index (κ1) is 15.9. The topological polar surface area (TPSA) is 108 Å². The highest BCUT2D eigenvalue weighted by atomic mass is 16.7. The van der Waals surface area contributed by atoms with Crippen molar-refractivity contribution in [3.63, 3.8) is 0 Å². The summed E-state index contributed by atoms with van der Waals surface area (Å²) >= 11 is 0. The van der Waals surface area contributed by atoms with Crippen molar-refractivity contribution in [2.24, 2.45) is 0 Å². The third-order valence-corrected chi connectivity index (χ3v) is 3.42. The molecule has 1 aromatic rings. The smallest absolute Gasteiger partial charge is 0.251 e. The van der Waals surface area contributed by atoms with Crippen LogP contribution in [-0.4, -0.2) is 65.6 Å². The number of carbonyl (C=O) groups excluding carboxylic acids is 1. The minimum atomic E-state index is -1.25. The number of aliphatic hydroxyl groups is 3.